The van der Waals surface area contributed by atoms with Gasteiger partial charge < -0.3 is 15.0 Å². The van der Waals surface area contributed by atoms with E-state index in [1.54, 1.807) is 6.07 Å². The van der Waals surface area contributed by atoms with E-state index in [2.05, 4.69) is 23.5 Å². The van der Waals surface area contributed by atoms with Crippen LogP contribution in [0.3, 0.4) is 0 Å². The van der Waals surface area contributed by atoms with Crippen molar-refractivity contribution >= 4 is 34.8 Å². The Morgan fingerprint density at radius 3 is 2.72 bits per heavy atom. The monoisotopic (exact) mass is 428 g/mol. The quantitative estimate of drug-likeness (QED) is 0.660. The number of benzene rings is 2. The minimum atomic E-state index is 0.0194. The molecule has 1 N–H and O–H groups in total. The maximum atomic E-state index is 13.3. The zero-order valence-electron chi connectivity index (χ0n) is 15.9. The lowest BCUT2D eigenvalue weighted by Crippen LogP contribution is -2.41. The zero-order chi connectivity index (χ0) is 20.0. The summed E-state index contributed by atoms with van der Waals surface area (Å²) in [6.45, 7) is 2.43. The molecule has 2 aliphatic heterocycles. The van der Waals surface area contributed by atoms with Gasteiger partial charge >= 0.3 is 0 Å². The number of fused-ring (bicyclic) bond motifs is 3. The molecule has 2 aromatic carbocycles. The summed E-state index contributed by atoms with van der Waals surface area (Å²) in [5.74, 6) is 0.675. The van der Waals surface area contributed by atoms with E-state index in [1.807, 2.05) is 29.2 Å². The summed E-state index contributed by atoms with van der Waals surface area (Å²) in [7, 11) is 0. The Hall–Kier alpha value is -2.01. The van der Waals surface area contributed by atoms with Crippen LogP contribution in [0.1, 0.15) is 39.9 Å². The Bertz CT molecular complexity index is 985. The lowest BCUT2D eigenvalue weighted by atomic mass is 9.76. The van der Waals surface area contributed by atoms with Gasteiger partial charge in [0.15, 0.2) is 0 Å². The number of halogens is 2. The molecule has 1 amide bonds. The van der Waals surface area contributed by atoms with Gasteiger partial charge in [-0.1, -0.05) is 53.6 Å². The molecule has 1 aliphatic carbocycles. The second-order valence-corrected chi connectivity index (χ2v) is 8.66. The van der Waals surface area contributed by atoms with Gasteiger partial charge in [0.2, 0.25) is 0 Å². The summed E-state index contributed by atoms with van der Waals surface area (Å²) >= 11 is 12.7. The lowest BCUT2D eigenvalue weighted by Gasteiger charge is -2.39. The van der Waals surface area contributed by atoms with Crippen molar-refractivity contribution in [2.45, 2.75) is 18.4 Å². The van der Waals surface area contributed by atoms with Gasteiger partial charge in [-0.3, -0.25) is 4.79 Å². The third-order valence-electron chi connectivity index (χ3n) is 6.22. The molecule has 0 bridgehead atoms. The zero-order valence-corrected chi connectivity index (χ0v) is 17.4. The predicted molar refractivity (Wildman–Crippen MR) is 116 cm³/mol. The summed E-state index contributed by atoms with van der Waals surface area (Å²) in [5, 5.41) is 4.97. The van der Waals surface area contributed by atoms with Gasteiger partial charge in [-0.05, 0) is 41.7 Å². The van der Waals surface area contributed by atoms with Crippen LogP contribution < -0.4 is 5.32 Å². The number of hydrogen-bond acceptors (Lipinski definition) is 3. The number of para-hydroxylation sites is 1. The SMILES string of the molecule is O=C(c1cccc2c1N[C@@H](c1ccc(Cl)cc1Cl)[C@H]1CC=C[C@@H]21)N1CCOCC1. The number of carbonyl (C=O) groups excluding carboxylic acids is 1. The first-order valence-corrected chi connectivity index (χ1v) is 10.8. The molecule has 1 fully saturated rings. The third kappa shape index (κ3) is 3.33. The molecule has 2 heterocycles. The second-order valence-electron chi connectivity index (χ2n) is 7.82. The van der Waals surface area contributed by atoms with Crippen LogP contribution in [-0.2, 0) is 4.74 Å². The van der Waals surface area contributed by atoms with E-state index in [1.165, 1.54) is 5.56 Å². The lowest BCUT2D eigenvalue weighted by molar-refractivity contribution is 0.0303. The van der Waals surface area contributed by atoms with Gasteiger partial charge in [0.25, 0.3) is 5.91 Å². The number of morpholine rings is 1. The highest BCUT2D eigenvalue weighted by atomic mass is 35.5. The van der Waals surface area contributed by atoms with Crippen LogP contribution in [0.25, 0.3) is 0 Å². The van der Waals surface area contributed by atoms with E-state index in [-0.39, 0.29) is 17.9 Å². The Labute approximate surface area is 180 Å². The highest BCUT2D eigenvalue weighted by Crippen LogP contribution is 2.51. The molecule has 6 heteroatoms. The highest BCUT2D eigenvalue weighted by Gasteiger charge is 2.40. The van der Waals surface area contributed by atoms with E-state index in [0.29, 0.717) is 42.3 Å². The van der Waals surface area contributed by atoms with Crippen LogP contribution in [0.2, 0.25) is 10.0 Å². The third-order valence-corrected chi connectivity index (χ3v) is 6.79. The Morgan fingerprint density at radius 2 is 1.93 bits per heavy atom. The van der Waals surface area contributed by atoms with Gasteiger partial charge in [0, 0.05) is 29.1 Å². The van der Waals surface area contributed by atoms with Gasteiger partial charge in [0.1, 0.15) is 0 Å². The molecule has 0 spiro atoms. The number of hydrogen-bond donors (Lipinski definition) is 1. The molecule has 0 saturated carbocycles. The van der Waals surface area contributed by atoms with E-state index in [9.17, 15) is 4.79 Å². The molecule has 0 unspecified atom stereocenters. The van der Waals surface area contributed by atoms with Crippen LogP contribution in [0, 0.1) is 5.92 Å². The molecule has 5 rings (SSSR count). The number of anilines is 1. The minimum absolute atomic E-state index is 0.0194. The van der Waals surface area contributed by atoms with Crippen LogP contribution in [0.5, 0.6) is 0 Å². The molecular weight excluding hydrogens is 407 g/mol. The normalized spacial score (nSPS) is 25.3. The fourth-order valence-electron chi connectivity index (χ4n) is 4.80. The molecule has 29 heavy (non-hydrogen) atoms. The van der Waals surface area contributed by atoms with Crippen LogP contribution in [0.15, 0.2) is 48.6 Å². The molecule has 2 aromatic rings. The predicted octanol–water partition coefficient (Wildman–Crippen LogP) is 5.29. The topological polar surface area (TPSA) is 41.6 Å². The van der Waals surface area contributed by atoms with Crippen molar-refractivity contribution in [1.29, 1.82) is 0 Å². The van der Waals surface area contributed by atoms with Crippen LogP contribution in [-0.4, -0.2) is 37.1 Å². The van der Waals surface area contributed by atoms with Gasteiger partial charge in [-0.25, -0.2) is 0 Å². The van der Waals surface area contributed by atoms with Gasteiger partial charge in [-0.15, -0.1) is 0 Å². The number of nitrogens with zero attached hydrogens (tertiary/aromatic N) is 1. The number of rotatable bonds is 2. The van der Waals surface area contributed by atoms with Crippen molar-refractivity contribution in [2.24, 2.45) is 5.92 Å². The van der Waals surface area contributed by atoms with Crippen LogP contribution >= 0.6 is 23.2 Å². The maximum absolute atomic E-state index is 13.3. The number of carbonyl (C=O) groups is 1. The summed E-state index contributed by atoms with van der Waals surface area (Å²) in [6, 6.07) is 11.7. The van der Waals surface area contributed by atoms with E-state index >= 15 is 0 Å². The van der Waals surface area contributed by atoms with Crippen molar-refractivity contribution in [3.05, 3.63) is 75.3 Å². The summed E-state index contributed by atoms with van der Waals surface area (Å²) in [6.07, 6.45) is 5.48. The summed E-state index contributed by atoms with van der Waals surface area (Å²) in [5.41, 5.74) is 3.85. The average molecular weight is 429 g/mol. The van der Waals surface area contributed by atoms with Crippen molar-refractivity contribution in [3.8, 4) is 0 Å². The summed E-state index contributed by atoms with van der Waals surface area (Å²) < 4.78 is 5.41. The molecule has 0 radical (unpaired) electrons. The first-order chi connectivity index (χ1) is 14.1. The van der Waals surface area contributed by atoms with Crippen molar-refractivity contribution in [2.75, 3.05) is 31.6 Å². The fourth-order valence-corrected chi connectivity index (χ4v) is 5.32. The van der Waals surface area contributed by atoms with Gasteiger partial charge in [-0.2, -0.15) is 0 Å². The van der Waals surface area contributed by atoms with E-state index < -0.39 is 0 Å². The standard InChI is InChI=1S/C23H22Cl2N2O2/c24-14-7-8-18(20(25)13-14)21-16-4-1-3-15(16)17-5-2-6-19(22(17)26-21)23(28)27-9-11-29-12-10-27/h1-3,5-8,13,15-16,21,26H,4,9-12H2/t15-,16+,21-/m1/s1. The molecule has 3 aliphatic rings. The van der Waals surface area contributed by atoms with Crippen molar-refractivity contribution in [3.63, 3.8) is 0 Å². The molecule has 150 valence electrons. The fraction of sp³-hybridized carbons (Fsp3) is 0.348. The highest BCUT2D eigenvalue weighted by molar-refractivity contribution is 6.35. The molecule has 4 nitrogen and oxygen atoms in total. The van der Waals surface area contributed by atoms with Gasteiger partial charge in [0.05, 0.1) is 30.5 Å². The smallest absolute Gasteiger partial charge is 0.256 e. The first-order valence-electron chi connectivity index (χ1n) is 10.0. The first kappa shape index (κ1) is 19.0. The van der Waals surface area contributed by atoms with Crippen LogP contribution in [0.4, 0.5) is 5.69 Å². The number of allylic oxidation sites excluding steroid dienone is 2. The Kier molecular flexibility index (Phi) is 5.02. The number of nitrogens with one attached hydrogen (secondary N) is 1. The molecule has 1 saturated heterocycles. The summed E-state index contributed by atoms with van der Waals surface area (Å²) in [4.78, 5) is 15.2. The Morgan fingerprint density at radius 1 is 1.10 bits per heavy atom. The molecule has 3 atom stereocenters. The Balaban J connectivity index is 1.57. The van der Waals surface area contributed by atoms with E-state index in [0.717, 1.165) is 23.2 Å². The second kappa shape index (κ2) is 7.67. The van der Waals surface area contributed by atoms with Crippen molar-refractivity contribution < 1.29 is 9.53 Å². The molecule has 0 aromatic heterocycles. The van der Waals surface area contributed by atoms with E-state index in [4.69, 9.17) is 27.9 Å². The molecular formula is C23H22Cl2N2O2. The maximum Gasteiger partial charge on any atom is 0.256 e. The minimum Gasteiger partial charge on any atom is -0.378 e. The number of ether oxygens (including phenoxy) is 1. The van der Waals surface area contributed by atoms with Crippen molar-refractivity contribution in [1.82, 2.24) is 4.90 Å². The average Bonchev–Trinajstić information content (AvgIpc) is 3.23. The largest absolute Gasteiger partial charge is 0.378 e. The number of amides is 1.